The highest BCUT2D eigenvalue weighted by Gasteiger charge is 2.12. The van der Waals surface area contributed by atoms with Crippen LogP contribution in [0.15, 0.2) is 17.5 Å². The van der Waals surface area contributed by atoms with E-state index in [4.69, 9.17) is 5.11 Å². The molecule has 104 valence electrons. The molecule has 1 heterocycles. The monoisotopic (exact) mass is 281 g/mol. The lowest BCUT2D eigenvalue weighted by Gasteiger charge is -2.10. The average Bonchev–Trinajstić information content (AvgIpc) is 2.81. The van der Waals surface area contributed by atoms with E-state index in [1.54, 1.807) is 6.08 Å². The molecule has 5 heteroatoms. The van der Waals surface area contributed by atoms with Crippen molar-refractivity contribution in [1.82, 2.24) is 5.32 Å². The number of carboxylic acid groups (broad SMARTS) is 1. The van der Waals surface area contributed by atoms with Crippen molar-refractivity contribution in [2.24, 2.45) is 5.92 Å². The van der Waals surface area contributed by atoms with E-state index in [9.17, 15) is 9.59 Å². The number of nitrogens with one attached hydrogen (secondary N) is 1. The van der Waals surface area contributed by atoms with Crippen molar-refractivity contribution in [2.45, 2.75) is 33.2 Å². The Morgan fingerprint density at radius 2 is 2.26 bits per heavy atom. The van der Waals surface area contributed by atoms with Crippen molar-refractivity contribution >= 4 is 29.3 Å². The first-order valence-electron chi connectivity index (χ1n) is 6.29. The lowest BCUT2D eigenvalue weighted by Crippen LogP contribution is -2.28. The number of hydrogen-bond acceptors (Lipinski definition) is 3. The second-order valence-electron chi connectivity index (χ2n) is 4.38. The quantitative estimate of drug-likeness (QED) is 0.755. The van der Waals surface area contributed by atoms with Crippen LogP contribution in [0.4, 0.5) is 0 Å². The van der Waals surface area contributed by atoms with Gasteiger partial charge in [-0.25, -0.2) is 4.79 Å². The van der Waals surface area contributed by atoms with Gasteiger partial charge in [-0.2, -0.15) is 0 Å². The predicted molar refractivity (Wildman–Crippen MR) is 76.9 cm³/mol. The fourth-order valence-corrected chi connectivity index (χ4v) is 2.52. The molecule has 0 saturated heterocycles. The molecule has 0 aliphatic carbocycles. The van der Waals surface area contributed by atoms with Gasteiger partial charge in [-0.05, 0) is 29.5 Å². The molecule has 1 atom stereocenters. The summed E-state index contributed by atoms with van der Waals surface area (Å²) in [6.07, 6.45) is 4.52. The summed E-state index contributed by atoms with van der Waals surface area (Å²) in [6.45, 7) is 4.42. The Morgan fingerprint density at radius 3 is 2.89 bits per heavy atom. The van der Waals surface area contributed by atoms with Crippen LogP contribution in [0.5, 0.6) is 0 Å². The number of aliphatic carboxylic acids is 1. The van der Waals surface area contributed by atoms with Gasteiger partial charge in [0.25, 0.3) is 0 Å². The van der Waals surface area contributed by atoms with Gasteiger partial charge in [0, 0.05) is 16.9 Å². The number of carbonyl (C=O) groups excluding carboxylic acids is 1. The van der Waals surface area contributed by atoms with Crippen LogP contribution in [-0.2, 0) is 16.1 Å². The average molecular weight is 281 g/mol. The van der Waals surface area contributed by atoms with E-state index in [1.165, 1.54) is 11.3 Å². The zero-order chi connectivity index (χ0) is 14.3. The Balaban J connectivity index is 2.56. The van der Waals surface area contributed by atoms with Crippen LogP contribution >= 0.6 is 11.3 Å². The number of amides is 1. The first-order chi connectivity index (χ1) is 9.04. The molecule has 0 aliphatic rings. The van der Waals surface area contributed by atoms with Crippen LogP contribution < -0.4 is 5.32 Å². The van der Waals surface area contributed by atoms with E-state index in [1.807, 2.05) is 18.4 Å². The molecule has 0 aromatic carbocycles. The summed E-state index contributed by atoms with van der Waals surface area (Å²) in [5.74, 6) is -0.913. The molecule has 0 spiro atoms. The summed E-state index contributed by atoms with van der Waals surface area (Å²) in [4.78, 5) is 23.2. The van der Waals surface area contributed by atoms with Crippen molar-refractivity contribution in [3.05, 3.63) is 28.0 Å². The van der Waals surface area contributed by atoms with Crippen molar-refractivity contribution in [2.75, 3.05) is 0 Å². The molecular weight excluding hydrogens is 262 g/mol. The van der Waals surface area contributed by atoms with Gasteiger partial charge in [0.1, 0.15) is 0 Å². The van der Waals surface area contributed by atoms with Crippen LogP contribution in [0.1, 0.15) is 37.1 Å². The van der Waals surface area contributed by atoms with Crippen molar-refractivity contribution in [3.63, 3.8) is 0 Å². The molecule has 1 unspecified atom stereocenters. The fraction of sp³-hybridized carbons (Fsp3) is 0.429. The van der Waals surface area contributed by atoms with Gasteiger partial charge in [-0.1, -0.05) is 20.3 Å². The van der Waals surface area contributed by atoms with Gasteiger partial charge >= 0.3 is 5.97 Å². The zero-order valence-electron chi connectivity index (χ0n) is 11.2. The lowest BCUT2D eigenvalue weighted by atomic mass is 10.1. The van der Waals surface area contributed by atoms with Gasteiger partial charge in [0.2, 0.25) is 5.91 Å². The lowest BCUT2D eigenvalue weighted by molar-refractivity contribution is -0.131. The maximum absolute atomic E-state index is 11.8. The normalized spacial score (nSPS) is 12.5. The Kier molecular flexibility index (Phi) is 6.29. The first-order valence-corrected chi connectivity index (χ1v) is 7.17. The second kappa shape index (κ2) is 7.74. The Labute approximate surface area is 117 Å². The highest BCUT2D eigenvalue weighted by Crippen LogP contribution is 2.18. The Bertz CT molecular complexity index is 465. The summed E-state index contributed by atoms with van der Waals surface area (Å²) < 4.78 is 0. The maximum atomic E-state index is 11.8. The molecule has 1 aromatic rings. The minimum atomic E-state index is -0.974. The third kappa shape index (κ3) is 5.26. The van der Waals surface area contributed by atoms with E-state index < -0.39 is 5.97 Å². The predicted octanol–water partition coefficient (Wildman–Crippen LogP) is 2.90. The van der Waals surface area contributed by atoms with Crippen molar-refractivity contribution in [3.8, 4) is 0 Å². The second-order valence-corrected chi connectivity index (χ2v) is 5.38. The SMILES string of the molecule is CCCC(C)C(=O)NCc1sccc1C=CC(=O)O. The highest BCUT2D eigenvalue weighted by atomic mass is 32.1. The molecule has 19 heavy (non-hydrogen) atoms. The molecule has 0 radical (unpaired) electrons. The maximum Gasteiger partial charge on any atom is 0.328 e. The third-order valence-corrected chi connectivity index (χ3v) is 3.71. The first kappa shape index (κ1) is 15.4. The summed E-state index contributed by atoms with van der Waals surface area (Å²) >= 11 is 1.51. The van der Waals surface area contributed by atoms with Crippen molar-refractivity contribution < 1.29 is 14.7 Å². The van der Waals surface area contributed by atoms with Crippen LogP contribution in [0.3, 0.4) is 0 Å². The molecule has 0 aliphatic heterocycles. The van der Waals surface area contributed by atoms with E-state index in [-0.39, 0.29) is 11.8 Å². The van der Waals surface area contributed by atoms with E-state index in [2.05, 4.69) is 12.2 Å². The van der Waals surface area contributed by atoms with E-state index in [0.717, 1.165) is 29.4 Å². The van der Waals surface area contributed by atoms with Crippen molar-refractivity contribution in [1.29, 1.82) is 0 Å². The number of carboxylic acids is 1. The van der Waals surface area contributed by atoms with Gasteiger partial charge in [0.05, 0.1) is 6.54 Å². The molecule has 0 bridgehead atoms. The smallest absolute Gasteiger partial charge is 0.328 e. The van der Waals surface area contributed by atoms with Gasteiger partial charge < -0.3 is 10.4 Å². The molecular formula is C14H19NO3S. The molecule has 2 N–H and O–H groups in total. The number of hydrogen-bond donors (Lipinski definition) is 2. The highest BCUT2D eigenvalue weighted by molar-refractivity contribution is 7.10. The Hall–Kier alpha value is -1.62. The molecule has 1 aromatic heterocycles. The summed E-state index contributed by atoms with van der Waals surface area (Å²) in [5, 5.41) is 13.4. The summed E-state index contributed by atoms with van der Waals surface area (Å²) in [6, 6.07) is 1.85. The number of rotatable bonds is 7. The standard InChI is InChI=1S/C14H19NO3S/c1-3-4-10(2)14(18)15-9-12-11(7-8-19-12)5-6-13(16)17/h5-8,10H,3-4,9H2,1-2H3,(H,15,18)(H,16,17). The summed E-state index contributed by atoms with van der Waals surface area (Å²) in [5.41, 5.74) is 0.843. The molecule has 1 rings (SSSR count). The largest absolute Gasteiger partial charge is 0.478 e. The van der Waals surface area contributed by atoms with Gasteiger partial charge in [-0.3, -0.25) is 4.79 Å². The van der Waals surface area contributed by atoms with Crippen LogP contribution in [0.2, 0.25) is 0 Å². The molecule has 0 saturated carbocycles. The van der Waals surface area contributed by atoms with Crippen LogP contribution in [0, 0.1) is 5.92 Å². The third-order valence-electron chi connectivity index (χ3n) is 2.78. The van der Waals surface area contributed by atoms with Crippen LogP contribution in [-0.4, -0.2) is 17.0 Å². The van der Waals surface area contributed by atoms with E-state index >= 15 is 0 Å². The minimum absolute atomic E-state index is 0.0166. The molecule has 1 amide bonds. The summed E-state index contributed by atoms with van der Waals surface area (Å²) in [7, 11) is 0. The number of carbonyl (C=O) groups is 2. The topological polar surface area (TPSA) is 66.4 Å². The van der Waals surface area contributed by atoms with Gasteiger partial charge in [0.15, 0.2) is 0 Å². The van der Waals surface area contributed by atoms with Crippen LogP contribution in [0.25, 0.3) is 6.08 Å². The minimum Gasteiger partial charge on any atom is -0.478 e. The fourth-order valence-electron chi connectivity index (χ4n) is 1.71. The van der Waals surface area contributed by atoms with E-state index in [0.29, 0.717) is 6.54 Å². The molecule has 4 nitrogen and oxygen atoms in total. The van der Waals surface area contributed by atoms with Gasteiger partial charge in [-0.15, -0.1) is 11.3 Å². The molecule has 0 fully saturated rings. The number of thiophene rings is 1. The zero-order valence-corrected chi connectivity index (χ0v) is 12.0. The Morgan fingerprint density at radius 1 is 1.53 bits per heavy atom.